The molecule has 0 spiro atoms. The third-order valence-electron chi connectivity index (χ3n) is 2.90. The van der Waals surface area contributed by atoms with Gasteiger partial charge < -0.3 is 5.73 Å². The smallest absolute Gasteiger partial charge is 0.123 e. The number of rotatable bonds is 1. The van der Waals surface area contributed by atoms with Crippen LogP contribution in [0.3, 0.4) is 0 Å². The molecule has 0 aliphatic heterocycles. The van der Waals surface area contributed by atoms with Crippen molar-refractivity contribution >= 4 is 0 Å². The van der Waals surface area contributed by atoms with Gasteiger partial charge >= 0.3 is 0 Å². The molecule has 1 aromatic carbocycles. The Balaban J connectivity index is 0.000000181. The van der Waals surface area contributed by atoms with Crippen LogP contribution in [-0.2, 0) is 0 Å². The fourth-order valence-electron chi connectivity index (χ4n) is 1.83. The van der Waals surface area contributed by atoms with Gasteiger partial charge in [0.15, 0.2) is 0 Å². The molecule has 0 bridgehead atoms. The summed E-state index contributed by atoms with van der Waals surface area (Å²) in [4.78, 5) is 0. The zero-order chi connectivity index (χ0) is 11.8. The molecule has 1 aliphatic rings. The van der Waals surface area contributed by atoms with Gasteiger partial charge in [0.1, 0.15) is 5.82 Å². The first kappa shape index (κ1) is 13.2. The van der Waals surface area contributed by atoms with Crippen LogP contribution < -0.4 is 5.73 Å². The molecule has 1 fully saturated rings. The fourth-order valence-corrected chi connectivity index (χ4v) is 1.83. The summed E-state index contributed by atoms with van der Waals surface area (Å²) in [6.45, 7) is 1.87. The molecule has 0 aromatic heterocycles. The molecule has 90 valence electrons. The highest BCUT2D eigenvalue weighted by atomic mass is 19.1. The Morgan fingerprint density at radius 3 is 1.62 bits per heavy atom. The SMILES string of the molecule is C1CCCCC1.CC(N)c1ccc(F)cc1. The van der Waals surface area contributed by atoms with Crippen molar-refractivity contribution in [3.8, 4) is 0 Å². The average Bonchev–Trinajstić information content (AvgIpc) is 2.32. The van der Waals surface area contributed by atoms with Gasteiger partial charge in [-0.25, -0.2) is 4.39 Å². The first-order valence-electron chi connectivity index (χ1n) is 6.21. The molecule has 2 rings (SSSR count). The zero-order valence-corrected chi connectivity index (χ0v) is 10.1. The summed E-state index contributed by atoms with van der Waals surface area (Å²) in [5, 5.41) is 0. The van der Waals surface area contributed by atoms with Crippen LogP contribution in [0.15, 0.2) is 24.3 Å². The molecule has 1 unspecified atom stereocenters. The molecule has 0 saturated heterocycles. The van der Waals surface area contributed by atoms with Crippen molar-refractivity contribution in [2.75, 3.05) is 0 Å². The minimum absolute atomic E-state index is 0.0133. The Labute approximate surface area is 97.9 Å². The lowest BCUT2D eigenvalue weighted by atomic mass is 10.0. The predicted octanol–water partition coefficient (Wildman–Crippen LogP) is 4.19. The highest BCUT2D eigenvalue weighted by Gasteiger charge is 1.97. The topological polar surface area (TPSA) is 26.0 Å². The molecule has 1 aromatic rings. The Morgan fingerprint density at radius 1 is 0.938 bits per heavy atom. The molecular weight excluding hydrogens is 201 g/mol. The van der Waals surface area contributed by atoms with Crippen LogP contribution in [0.4, 0.5) is 4.39 Å². The largest absolute Gasteiger partial charge is 0.324 e. The van der Waals surface area contributed by atoms with Crippen molar-refractivity contribution in [2.45, 2.75) is 51.5 Å². The molecule has 0 amide bonds. The molecular formula is C14H22FN. The standard InChI is InChI=1S/C8H10FN.C6H12/c1-6(10)7-2-4-8(9)5-3-7;1-2-4-6-5-3-1/h2-6H,10H2,1H3;1-6H2. The van der Waals surface area contributed by atoms with Crippen LogP contribution in [0.25, 0.3) is 0 Å². The molecule has 1 atom stereocenters. The van der Waals surface area contributed by atoms with Gasteiger partial charge in [-0.1, -0.05) is 50.7 Å². The first-order chi connectivity index (χ1) is 7.70. The summed E-state index contributed by atoms with van der Waals surface area (Å²) < 4.78 is 12.3. The van der Waals surface area contributed by atoms with Gasteiger partial charge in [-0.15, -0.1) is 0 Å². The van der Waals surface area contributed by atoms with E-state index in [4.69, 9.17) is 5.73 Å². The van der Waals surface area contributed by atoms with E-state index in [2.05, 4.69) is 0 Å². The van der Waals surface area contributed by atoms with E-state index in [0.29, 0.717) is 0 Å². The van der Waals surface area contributed by atoms with Gasteiger partial charge in [0, 0.05) is 6.04 Å². The van der Waals surface area contributed by atoms with Crippen molar-refractivity contribution in [3.63, 3.8) is 0 Å². The zero-order valence-electron chi connectivity index (χ0n) is 10.1. The molecule has 0 heterocycles. The molecule has 2 heteroatoms. The molecule has 16 heavy (non-hydrogen) atoms. The minimum atomic E-state index is -0.218. The number of hydrogen-bond donors (Lipinski definition) is 1. The number of hydrogen-bond acceptors (Lipinski definition) is 1. The van der Waals surface area contributed by atoms with Crippen LogP contribution in [0, 0.1) is 5.82 Å². The van der Waals surface area contributed by atoms with Gasteiger partial charge in [-0.05, 0) is 24.6 Å². The van der Waals surface area contributed by atoms with Crippen molar-refractivity contribution in [3.05, 3.63) is 35.6 Å². The molecule has 1 aliphatic carbocycles. The van der Waals surface area contributed by atoms with Crippen molar-refractivity contribution in [1.29, 1.82) is 0 Å². The Morgan fingerprint density at radius 2 is 1.31 bits per heavy atom. The third kappa shape index (κ3) is 5.26. The fraction of sp³-hybridized carbons (Fsp3) is 0.571. The van der Waals surface area contributed by atoms with E-state index < -0.39 is 0 Å². The lowest BCUT2D eigenvalue weighted by Crippen LogP contribution is -2.04. The van der Waals surface area contributed by atoms with Gasteiger partial charge in [0.25, 0.3) is 0 Å². The van der Waals surface area contributed by atoms with E-state index in [0.717, 1.165) is 5.56 Å². The van der Waals surface area contributed by atoms with Crippen LogP contribution in [0.2, 0.25) is 0 Å². The second-order valence-corrected chi connectivity index (χ2v) is 4.46. The van der Waals surface area contributed by atoms with Crippen molar-refractivity contribution in [2.24, 2.45) is 5.73 Å². The van der Waals surface area contributed by atoms with E-state index in [-0.39, 0.29) is 11.9 Å². The van der Waals surface area contributed by atoms with Crippen LogP contribution in [-0.4, -0.2) is 0 Å². The van der Waals surface area contributed by atoms with E-state index in [9.17, 15) is 4.39 Å². The van der Waals surface area contributed by atoms with Gasteiger partial charge in [0.05, 0.1) is 0 Å². The predicted molar refractivity (Wildman–Crippen MR) is 66.7 cm³/mol. The Hall–Kier alpha value is -0.890. The summed E-state index contributed by atoms with van der Waals surface area (Å²) in [5.41, 5.74) is 6.50. The number of benzene rings is 1. The number of halogens is 1. The monoisotopic (exact) mass is 223 g/mol. The molecule has 1 saturated carbocycles. The van der Waals surface area contributed by atoms with Gasteiger partial charge in [-0.2, -0.15) is 0 Å². The molecule has 1 nitrogen and oxygen atoms in total. The summed E-state index contributed by atoms with van der Waals surface area (Å²) >= 11 is 0. The Bertz CT molecular complexity index is 264. The summed E-state index contributed by atoms with van der Waals surface area (Å²) in [7, 11) is 0. The maximum Gasteiger partial charge on any atom is 0.123 e. The van der Waals surface area contributed by atoms with E-state index >= 15 is 0 Å². The average molecular weight is 223 g/mol. The lowest BCUT2D eigenvalue weighted by molar-refractivity contribution is 0.504. The van der Waals surface area contributed by atoms with Crippen LogP contribution in [0.5, 0.6) is 0 Å². The summed E-state index contributed by atoms with van der Waals surface area (Å²) in [5.74, 6) is -0.218. The van der Waals surface area contributed by atoms with Gasteiger partial charge in [-0.3, -0.25) is 0 Å². The van der Waals surface area contributed by atoms with Gasteiger partial charge in [0.2, 0.25) is 0 Å². The quantitative estimate of drug-likeness (QED) is 0.759. The minimum Gasteiger partial charge on any atom is -0.324 e. The second kappa shape index (κ2) is 7.39. The molecule has 2 N–H and O–H groups in total. The van der Waals surface area contributed by atoms with Crippen LogP contribution >= 0.6 is 0 Å². The first-order valence-corrected chi connectivity index (χ1v) is 6.21. The number of nitrogens with two attached hydrogens (primary N) is 1. The Kier molecular flexibility index (Phi) is 6.09. The molecule has 0 radical (unpaired) electrons. The normalized spacial score (nSPS) is 17.2. The van der Waals surface area contributed by atoms with E-state index in [1.54, 1.807) is 12.1 Å². The maximum absolute atomic E-state index is 12.3. The second-order valence-electron chi connectivity index (χ2n) is 4.46. The van der Waals surface area contributed by atoms with Crippen LogP contribution in [0.1, 0.15) is 57.1 Å². The summed E-state index contributed by atoms with van der Waals surface area (Å²) in [6.07, 6.45) is 9.00. The van der Waals surface area contributed by atoms with E-state index in [1.807, 2.05) is 6.92 Å². The summed E-state index contributed by atoms with van der Waals surface area (Å²) in [6, 6.07) is 6.21. The highest BCUT2D eigenvalue weighted by Crippen LogP contribution is 2.15. The van der Waals surface area contributed by atoms with Crippen molar-refractivity contribution < 1.29 is 4.39 Å². The third-order valence-corrected chi connectivity index (χ3v) is 2.90. The maximum atomic E-state index is 12.3. The van der Waals surface area contributed by atoms with E-state index in [1.165, 1.54) is 50.7 Å². The van der Waals surface area contributed by atoms with Crippen molar-refractivity contribution in [1.82, 2.24) is 0 Å². The lowest BCUT2D eigenvalue weighted by Gasteiger charge is -2.05. The highest BCUT2D eigenvalue weighted by molar-refractivity contribution is 5.18.